The van der Waals surface area contributed by atoms with E-state index in [2.05, 4.69) is 4.90 Å². The molecule has 1 heterocycles. The largest absolute Gasteiger partial charge is 0.469 e. The SMILES string of the molecule is COC(=O)C1CN(C)CCC1c1ccccc1F. The van der Waals surface area contributed by atoms with Gasteiger partial charge in [0, 0.05) is 12.5 Å². The standard InChI is InChI=1S/C14H18FNO2/c1-16-8-7-10(12(9-16)14(17)18-2)11-5-3-4-6-13(11)15/h3-6,10,12H,7-9H2,1-2H3. The molecule has 18 heavy (non-hydrogen) atoms. The normalized spacial score (nSPS) is 24.8. The predicted octanol–water partition coefficient (Wildman–Crippen LogP) is 2.03. The van der Waals surface area contributed by atoms with Crippen molar-refractivity contribution in [2.24, 2.45) is 5.92 Å². The third-order valence-electron chi connectivity index (χ3n) is 3.62. The number of carbonyl (C=O) groups is 1. The molecule has 4 heteroatoms. The summed E-state index contributed by atoms with van der Waals surface area (Å²) in [5, 5.41) is 0. The van der Waals surface area contributed by atoms with Crippen LogP contribution in [0, 0.1) is 11.7 Å². The minimum Gasteiger partial charge on any atom is -0.469 e. The molecule has 1 saturated heterocycles. The summed E-state index contributed by atoms with van der Waals surface area (Å²) in [6.45, 7) is 1.48. The minimum absolute atomic E-state index is 0.0881. The van der Waals surface area contributed by atoms with Crippen LogP contribution in [0.2, 0.25) is 0 Å². The van der Waals surface area contributed by atoms with Gasteiger partial charge >= 0.3 is 5.97 Å². The van der Waals surface area contributed by atoms with Gasteiger partial charge < -0.3 is 9.64 Å². The number of nitrogens with zero attached hydrogens (tertiary/aromatic N) is 1. The molecule has 2 unspecified atom stereocenters. The van der Waals surface area contributed by atoms with E-state index in [-0.39, 0.29) is 23.6 Å². The fourth-order valence-electron chi connectivity index (χ4n) is 2.65. The van der Waals surface area contributed by atoms with Gasteiger partial charge in [0.05, 0.1) is 13.0 Å². The zero-order chi connectivity index (χ0) is 13.1. The molecule has 0 aromatic heterocycles. The molecule has 1 aliphatic heterocycles. The predicted molar refractivity (Wildman–Crippen MR) is 66.8 cm³/mol. The highest BCUT2D eigenvalue weighted by Gasteiger charge is 2.35. The molecule has 1 fully saturated rings. The van der Waals surface area contributed by atoms with Crippen molar-refractivity contribution in [1.29, 1.82) is 0 Å². The Hall–Kier alpha value is -1.42. The number of hydrogen-bond acceptors (Lipinski definition) is 3. The molecular weight excluding hydrogens is 233 g/mol. The van der Waals surface area contributed by atoms with Crippen LogP contribution in [0.1, 0.15) is 17.9 Å². The smallest absolute Gasteiger partial charge is 0.310 e. The van der Waals surface area contributed by atoms with Gasteiger partial charge in [0.25, 0.3) is 0 Å². The van der Waals surface area contributed by atoms with Gasteiger partial charge in [0.15, 0.2) is 0 Å². The van der Waals surface area contributed by atoms with Gasteiger partial charge in [0.1, 0.15) is 5.82 Å². The molecule has 0 radical (unpaired) electrons. The zero-order valence-electron chi connectivity index (χ0n) is 10.7. The maximum Gasteiger partial charge on any atom is 0.310 e. The van der Waals surface area contributed by atoms with Crippen LogP contribution in [0.5, 0.6) is 0 Å². The Balaban J connectivity index is 2.29. The van der Waals surface area contributed by atoms with Crippen LogP contribution < -0.4 is 0 Å². The summed E-state index contributed by atoms with van der Waals surface area (Å²) in [6, 6.07) is 6.69. The number of methoxy groups -OCH3 is 1. The first kappa shape index (κ1) is 13.0. The van der Waals surface area contributed by atoms with Crippen LogP contribution in [0.15, 0.2) is 24.3 Å². The van der Waals surface area contributed by atoms with E-state index in [0.29, 0.717) is 12.1 Å². The number of ether oxygens (including phenoxy) is 1. The molecular formula is C14H18FNO2. The molecule has 1 aromatic rings. The lowest BCUT2D eigenvalue weighted by atomic mass is 9.80. The number of piperidine rings is 1. The van der Waals surface area contributed by atoms with Crippen molar-refractivity contribution >= 4 is 5.97 Å². The summed E-state index contributed by atoms with van der Waals surface area (Å²) in [5.41, 5.74) is 0.626. The highest BCUT2D eigenvalue weighted by atomic mass is 19.1. The van der Waals surface area contributed by atoms with E-state index in [1.54, 1.807) is 12.1 Å². The van der Waals surface area contributed by atoms with E-state index in [4.69, 9.17) is 4.74 Å². The molecule has 2 atom stereocenters. The van der Waals surface area contributed by atoms with Gasteiger partial charge in [-0.25, -0.2) is 4.39 Å². The molecule has 0 N–H and O–H groups in total. The van der Waals surface area contributed by atoms with Crippen molar-refractivity contribution in [3.05, 3.63) is 35.6 Å². The van der Waals surface area contributed by atoms with Crippen molar-refractivity contribution < 1.29 is 13.9 Å². The number of rotatable bonds is 2. The number of hydrogen-bond donors (Lipinski definition) is 0. The molecule has 2 rings (SSSR count). The number of halogens is 1. The van der Waals surface area contributed by atoms with Crippen molar-refractivity contribution in [3.63, 3.8) is 0 Å². The monoisotopic (exact) mass is 251 g/mol. The van der Waals surface area contributed by atoms with Crippen molar-refractivity contribution in [3.8, 4) is 0 Å². The second-order valence-electron chi connectivity index (χ2n) is 4.81. The average molecular weight is 251 g/mol. The summed E-state index contributed by atoms with van der Waals surface area (Å²) in [7, 11) is 3.35. The summed E-state index contributed by atoms with van der Waals surface area (Å²) in [4.78, 5) is 13.9. The Morgan fingerprint density at radius 2 is 2.17 bits per heavy atom. The summed E-state index contributed by atoms with van der Waals surface area (Å²) in [5.74, 6) is -0.865. The first-order valence-corrected chi connectivity index (χ1v) is 6.14. The van der Waals surface area contributed by atoms with Gasteiger partial charge in [-0.3, -0.25) is 4.79 Å². The second kappa shape index (κ2) is 5.48. The molecule has 1 aliphatic rings. The van der Waals surface area contributed by atoms with E-state index in [9.17, 15) is 9.18 Å². The van der Waals surface area contributed by atoms with Gasteiger partial charge in [0.2, 0.25) is 0 Å². The van der Waals surface area contributed by atoms with Gasteiger partial charge in [-0.15, -0.1) is 0 Å². The Morgan fingerprint density at radius 3 is 2.83 bits per heavy atom. The lowest BCUT2D eigenvalue weighted by Crippen LogP contribution is -2.41. The summed E-state index contributed by atoms with van der Waals surface area (Å²) in [6.07, 6.45) is 0.775. The third-order valence-corrected chi connectivity index (χ3v) is 3.62. The van der Waals surface area contributed by atoms with Gasteiger partial charge in [-0.1, -0.05) is 18.2 Å². The van der Waals surface area contributed by atoms with Gasteiger partial charge in [-0.05, 0) is 31.6 Å². The van der Waals surface area contributed by atoms with E-state index >= 15 is 0 Å². The molecule has 0 saturated carbocycles. The molecule has 3 nitrogen and oxygen atoms in total. The second-order valence-corrected chi connectivity index (χ2v) is 4.81. The van der Waals surface area contributed by atoms with Crippen LogP contribution in [0.4, 0.5) is 4.39 Å². The highest BCUT2D eigenvalue weighted by Crippen LogP contribution is 2.34. The molecule has 1 aromatic carbocycles. The minimum atomic E-state index is -0.286. The molecule has 0 spiro atoms. The molecule has 0 bridgehead atoms. The van der Waals surface area contributed by atoms with Crippen LogP contribution in [-0.4, -0.2) is 38.1 Å². The zero-order valence-corrected chi connectivity index (χ0v) is 10.7. The fourth-order valence-corrected chi connectivity index (χ4v) is 2.65. The van der Waals surface area contributed by atoms with Crippen LogP contribution in [0.25, 0.3) is 0 Å². The maximum absolute atomic E-state index is 13.8. The first-order chi connectivity index (χ1) is 8.63. The average Bonchev–Trinajstić information content (AvgIpc) is 2.39. The van der Waals surface area contributed by atoms with Crippen molar-refractivity contribution in [1.82, 2.24) is 4.90 Å². The topological polar surface area (TPSA) is 29.5 Å². The number of likely N-dealkylation sites (tertiary alicyclic amines) is 1. The number of benzene rings is 1. The molecule has 0 amide bonds. The first-order valence-electron chi connectivity index (χ1n) is 6.14. The Labute approximate surface area is 107 Å². The summed E-state index contributed by atoms with van der Waals surface area (Å²) >= 11 is 0. The lowest BCUT2D eigenvalue weighted by Gasteiger charge is -2.35. The number of esters is 1. The lowest BCUT2D eigenvalue weighted by molar-refractivity contribution is -0.148. The quantitative estimate of drug-likeness (QED) is 0.753. The van der Waals surface area contributed by atoms with Crippen molar-refractivity contribution in [2.75, 3.05) is 27.2 Å². The van der Waals surface area contributed by atoms with E-state index < -0.39 is 0 Å². The highest BCUT2D eigenvalue weighted by molar-refractivity contribution is 5.74. The van der Waals surface area contributed by atoms with E-state index in [1.165, 1.54) is 13.2 Å². The van der Waals surface area contributed by atoms with Crippen LogP contribution in [0.3, 0.4) is 0 Å². The van der Waals surface area contributed by atoms with E-state index in [1.807, 2.05) is 13.1 Å². The Morgan fingerprint density at radius 1 is 1.44 bits per heavy atom. The van der Waals surface area contributed by atoms with Crippen molar-refractivity contribution in [2.45, 2.75) is 12.3 Å². The van der Waals surface area contributed by atoms with Gasteiger partial charge in [-0.2, -0.15) is 0 Å². The summed E-state index contributed by atoms with van der Waals surface area (Å²) < 4.78 is 18.7. The fraction of sp³-hybridized carbons (Fsp3) is 0.500. The maximum atomic E-state index is 13.8. The molecule has 98 valence electrons. The Kier molecular flexibility index (Phi) is 3.97. The van der Waals surface area contributed by atoms with Crippen LogP contribution >= 0.6 is 0 Å². The van der Waals surface area contributed by atoms with Crippen LogP contribution in [-0.2, 0) is 9.53 Å². The Bertz CT molecular complexity index is 436. The van der Waals surface area contributed by atoms with E-state index in [0.717, 1.165) is 13.0 Å². The number of carbonyl (C=O) groups excluding carboxylic acids is 1. The third kappa shape index (κ3) is 2.53. The molecule has 0 aliphatic carbocycles.